The first-order valence-corrected chi connectivity index (χ1v) is 9.44. The number of carbonyl (C=O) groups excluding carboxylic acids is 2. The first-order chi connectivity index (χ1) is 14.2. The number of esters is 1. The van der Waals surface area contributed by atoms with Crippen LogP contribution in [0.15, 0.2) is 77.4 Å². The lowest BCUT2D eigenvalue weighted by Gasteiger charge is -2.08. The van der Waals surface area contributed by atoms with Crippen LogP contribution in [0.5, 0.6) is 5.75 Å². The van der Waals surface area contributed by atoms with Crippen molar-refractivity contribution in [2.45, 2.75) is 19.4 Å². The smallest absolute Gasteiger partial charge is 0.375 e. The highest BCUT2D eigenvalue weighted by molar-refractivity contribution is 5.90. The number of amides is 1. The van der Waals surface area contributed by atoms with Crippen molar-refractivity contribution in [3.8, 4) is 5.75 Å². The van der Waals surface area contributed by atoms with E-state index in [1.807, 2.05) is 60.7 Å². The SMILES string of the molecule is O=C(COC(=O)c1occc1COc1ccccc1)NCCCc1ccccc1. The van der Waals surface area contributed by atoms with Crippen LogP contribution in [-0.4, -0.2) is 25.0 Å². The van der Waals surface area contributed by atoms with E-state index in [9.17, 15) is 9.59 Å². The van der Waals surface area contributed by atoms with Gasteiger partial charge in [-0.15, -0.1) is 0 Å². The monoisotopic (exact) mass is 393 g/mol. The molecule has 150 valence electrons. The number of hydrogen-bond acceptors (Lipinski definition) is 5. The molecule has 0 unspecified atom stereocenters. The summed E-state index contributed by atoms with van der Waals surface area (Å²) in [6, 6.07) is 20.9. The quantitative estimate of drug-likeness (QED) is 0.419. The second kappa shape index (κ2) is 10.7. The van der Waals surface area contributed by atoms with E-state index in [-0.39, 0.29) is 24.9 Å². The lowest BCUT2D eigenvalue weighted by molar-refractivity contribution is -0.124. The molecule has 0 fully saturated rings. The molecule has 2 aromatic carbocycles. The fraction of sp³-hybridized carbons (Fsp3) is 0.217. The summed E-state index contributed by atoms with van der Waals surface area (Å²) in [7, 11) is 0. The zero-order valence-corrected chi connectivity index (χ0v) is 16.0. The van der Waals surface area contributed by atoms with Crippen molar-refractivity contribution >= 4 is 11.9 Å². The molecule has 29 heavy (non-hydrogen) atoms. The van der Waals surface area contributed by atoms with Crippen molar-refractivity contribution in [2.24, 2.45) is 0 Å². The van der Waals surface area contributed by atoms with Crippen molar-refractivity contribution < 1.29 is 23.5 Å². The number of carbonyl (C=O) groups is 2. The van der Waals surface area contributed by atoms with Crippen LogP contribution in [0, 0.1) is 0 Å². The van der Waals surface area contributed by atoms with E-state index in [1.54, 1.807) is 6.07 Å². The molecule has 1 N–H and O–H groups in total. The minimum Gasteiger partial charge on any atom is -0.489 e. The van der Waals surface area contributed by atoms with Gasteiger partial charge in [-0.2, -0.15) is 0 Å². The first kappa shape index (κ1) is 20.2. The molecule has 0 spiro atoms. The Labute approximate surface area is 169 Å². The van der Waals surface area contributed by atoms with E-state index in [0.717, 1.165) is 12.8 Å². The predicted octanol–water partition coefficient (Wildman–Crippen LogP) is 3.76. The number of furan rings is 1. The Morgan fingerprint density at radius 1 is 0.931 bits per heavy atom. The Balaban J connectivity index is 1.38. The van der Waals surface area contributed by atoms with Gasteiger partial charge < -0.3 is 19.2 Å². The summed E-state index contributed by atoms with van der Waals surface area (Å²) in [6.45, 7) is 0.322. The van der Waals surface area contributed by atoms with Gasteiger partial charge >= 0.3 is 5.97 Å². The van der Waals surface area contributed by atoms with Crippen LogP contribution in [-0.2, 0) is 22.6 Å². The lowest BCUT2D eigenvalue weighted by atomic mass is 10.1. The van der Waals surface area contributed by atoms with E-state index < -0.39 is 5.97 Å². The summed E-state index contributed by atoms with van der Waals surface area (Å²) in [5.41, 5.74) is 1.78. The number of ether oxygens (including phenoxy) is 2. The number of hydrogen-bond donors (Lipinski definition) is 1. The van der Waals surface area contributed by atoms with Gasteiger partial charge in [-0.25, -0.2) is 4.79 Å². The summed E-state index contributed by atoms with van der Waals surface area (Å²) >= 11 is 0. The molecule has 0 saturated carbocycles. The van der Waals surface area contributed by atoms with Crippen molar-refractivity contribution in [1.82, 2.24) is 5.32 Å². The van der Waals surface area contributed by atoms with E-state index in [1.165, 1.54) is 11.8 Å². The number of rotatable bonds is 10. The molecule has 0 aliphatic heterocycles. The van der Waals surface area contributed by atoms with Gasteiger partial charge in [0.15, 0.2) is 6.61 Å². The molecule has 0 atom stereocenters. The number of aryl methyl sites for hydroxylation is 1. The van der Waals surface area contributed by atoms with Crippen LogP contribution in [0.25, 0.3) is 0 Å². The second-order valence-corrected chi connectivity index (χ2v) is 6.39. The lowest BCUT2D eigenvalue weighted by Crippen LogP contribution is -2.29. The average Bonchev–Trinajstić information content (AvgIpc) is 3.24. The van der Waals surface area contributed by atoms with E-state index in [4.69, 9.17) is 13.9 Å². The van der Waals surface area contributed by atoms with E-state index in [0.29, 0.717) is 17.9 Å². The van der Waals surface area contributed by atoms with Crippen LogP contribution in [0.3, 0.4) is 0 Å². The van der Waals surface area contributed by atoms with Gasteiger partial charge in [0.1, 0.15) is 12.4 Å². The number of benzene rings is 2. The largest absolute Gasteiger partial charge is 0.489 e. The third-order valence-electron chi connectivity index (χ3n) is 4.21. The first-order valence-electron chi connectivity index (χ1n) is 9.44. The fourth-order valence-corrected chi connectivity index (χ4v) is 2.72. The Bertz CT molecular complexity index is 905. The Morgan fingerprint density at radius 3 is 2.41 bits per heavy atom. The molecule has 1 amide bonds. The van der Waals surface area contributed by atoms with Crippen molar-refractivity contribution in [3.63, 3.8) is 0 Å². The third kappa shape index (κ3) is 6.53. The van der Waals surface area contributed by atoms with Crippen LogP contribution in [0.4, 0.5) is 0 Å². The second-order valence-electron chi connectivity index (χ2n) is 6.39. The molecule has 1 aromatic heterocycles. The predicted molar refractivity (Wildman–Crippen MR) is 108 cm³/mol. The zero-order chi connectivity index (χ0) is 20.3. The maximum atomic E-state index is 12.2. The molecule has 3 rings (SSSR count). The van der Waals surface area contributed by atoms with Gasteiger partial charge in [0.2, 0.25) is 5.76 Å². The molecular formula is C23H23NO5. The van der Waals surface area contributed by atoms with Gasteiger partial charge in [0, 0.05) is 12.1 Å². The summed E-state index contributed by atoms with van der Waals surface area (Å²) < 4.78 is 15.9. The molecule has 0 bridgehead atoms. The molecule has 0 aliphatic carbocycles. The topological polar surface area (TPSA) is 77.8 Å². The average molecular weight is 393 g/mol. The molecule has 6 nitrogen and oxygen atoms in total. The van der Waals surface area contributed by atoms with Crippen molar-refractivity contribution in [1.29, 1.82) is 0 Å². The normalized spacial score (nSPS) is 10.3. The molecule has 0 saturated heterocycles. The van der Waals surface area contributed by atoms with Gasteiger partial charge in [-0.05, 0) is 36.6 Å². The van der Waals surface area contributed by atoms with Crippen molar-refractivity contribution in [3.05, 3.63) is 89.9 Å². The Kier molecular flexibility index (Phi) is 7.46. The van der Waals surface area contributed by atoms with Crippen LogP contribution in [0.2, 0.25) is 0 Å². The minimum atomic E-state index is -0.693. The minimum absolute atomic E-state index is 0.0396. The van der Waals surface area contributed by atoms with Crippen molar-refractivity contribution in [2.75, 3.05) is 13.2 Å². The third-order valence-corrected chi connectivity index (χ3v) is 4.21. The Hall–Kier alpha value is -3.54. The summed E-state index contributed by atoms with van der Waals surface area (Å²) in [5, 5.41) is 2.74. The number of para-hydroxylation sites is 1. The van der Waals surface area contributed by atoms with Gasteiger partial charge in [0.25, 0.3) is 5.91 Å². The Morgan fingerprint density at radius 2 is 1.66 bits per heavy atom. The van der Waals surface area contributed by atoms with Crippen LogP contribution >= 0.6 is 0 Å². The van der Waals surface area contributed by atoms with E-state index in [2.05, 4.69) is 5.32 Å². The summed E-state index contributed by atoms with van der Waals surface area (Å²) in [6.07, 6.45) is 3.07. The maximum absolute atomic E-state index is 12.2. The molecule has 0 aliphatic rings. The number of nitrogens with one attached hydrogen (secondary N) is 1. The highest BCUT2D eigenvalue weighted by Gasteiger charge is 2.18. The zero-order valence-electron chi connectivity index (χ0n) is 16.0. The molecular weight excluding hydrogens is 370 g/mol. The molecule has 6 heteroatoms. The fourth-order valence-electron chi connectivity index (χ4n) is 2.72. The summed E-state index contributed by atoms with van der Waals surface area (Å²) in [5.74, 6) is -0.318. The molecule has 3 aromatic rings. The van der Waals surface area contributed by atoms with Gasteiger partial charge in [-0.3, -0.25) is 4.79 Å². The molecule has 1 heterocycles. The van der Waals surface area contributed by atoms with Crippen LogP contribution in [0.1, 0.15) is 28.1 Å². The van der Waals surface area contributed by atoms with Gasteiger partial charge in [0.05, 0.1) is 6.26 Å². The maximum Gasteiger partial charge on any atom is 0.375 e. The highest BCUT2D eigenvalue weighted by Crippen LogP contribution is 2.16. The highest BCUT2D eigenvalue weighted by atomic mass is 16.5. The summed E-state index contributed by atoms with van der Waals surface area (Å²) in [4.78, 5) is 24.1. The van der Waals surface area contributed by atoms with E-state index >= 15 is 0 Å². The molecule has 0 radical (unpaired) electrons. The standard InChI is InChI=1S/C23H23NO5/c25-21(24-14-7-10-18-8-3-1-4-9-18)17-29-23(26)22-19(13-15-27-22)16-28-20-11-5-2-6-12-20/h1-6,8-9,11-13,15H,7,10,14,16-17H2,(H,24,25). The van der Waals surface area contributed by atoms with Gasteiger partial charge in [-0.1, -0.05) is 48.5 Å². The van der Waals surface area contributed by atoms with Crippen LogP contribution < -0.4 is 10.1 Å².